The molecule has 4 aromatic carbocycles. The zero-order chi connectivity index (χ0) is 28.4. The second-order valence-corrected chi connectivity index (χ2v) is 10.7. The second kappa shape index (κ2) is 13.4. The molecule has 0 aromatic heterocycles. The van der Waals surface area contributed by atoms with Gasteiger partial charge in [-0.05, 0) is 67.9 Å². The lowest BCUT2D eigenvalue weighted by Crippen LogP contribution is -2.39. The summed E-state index contributed by atoms with van der Waals surface area (Å²) in [5.74, 6) is 0.590. The molecule has 0 aliphatic carbocycles. The summed E-state index contributed by atoms with van der Waals surface area (Å²) in [6.07, 6.45) is 1.47. The fourth-order valence-electron chi connectivity index (χ4n) is 3.82. The molecule has 0 radical (unpaired) electrons. The lowest BCUT2D eigenvalue weighted by Gasteiger charge is -2.24. The molecule has 9 heteroatoms. The van der Waals surface area contributed by atoms with Gasteiger partial charge in [0.25, 0.3) is 15.9 Å². The number of amides is 1. The van der Waals surface area contributed by atoms with E-state index in [0.29, 0.717) is 36.0 Å². The molecule has 8 nitrogen and oxygen atoms in total. The number of hydrazone groups is 1. The summed E-state index contributed by atoms with van der Waals surface area (Å²) in [6.45, 7) is 4.11. The van der Waals surface area contributed by atoms with Gasteiger partial charge in [0.1, 0.15) is 24.7 Å². The summed E-state index contributed by atoms with van der Waals surface area (Å²) in [6, 6.07) is 30.1. The first-order valence-corrected chi connectivity index (χ1v) is 14.2. The summed E-state index contributed by atoms with van der Waals surface area (Å²) in [7, 11) is -4.05. The highest BCUT2D eigenvalue weighted by Crippen LogP contribution is 2.26. The van der Waals surface area contributed by atoms with Gasteiger partial charge in [-0.1, -0.05) is 60.2 Å². The minimum Gasteiger partial charge on any atom is -0.494 e. The van der Waals surface area contributed by atoms with Crippen molar-refractivity contribution in [3.8, 4) is 11.5 Å². The van der Waals surface area contributed by atoms with Gasteiger partial charge in [-0.15, -0.1) is 0 Å². The largest absolute Gasteiger partial charge is 0.494 e. The van der Waals surface area contributed by atoms with Gasteiger partial charge in [-0.25, -0.2) is 13.8 Å². The van der Waals surface area contributed by atoms with Gasteiger partial charge in [0, 0.05) is 5.56 Å². The molecular weight excluding hydrogens is 526 g/mol. The van der Waals surface area contributed by atoms with Crippen molar-refractivity contribution < 1.29 is 22.7 Å². The van der Waals surface area contributed by atoms with Crippen LogP contribution in [0.4, 0.5) is 5.69 Å². The SMILES string of the molecule is CCOc1ccc(N(CC(=O)N/N=C\c2ccccc2OCc2ccccc2)S(=O)(=O)c2ccc(C)cc2)cc1. The number of rotatable bonds is 12. The molecule has 0 saturated heterocycles. The Morgan fingerprint density at radius 1 is 0.875 bits per heavy atom. The molecule has 1 N–H and O–H groups in total. The zero-order valence-electron chi connectivity index (χ0n) is 22.4. The van der Waals surface area contributed by atoms with Crippen LogP contribution in [0.2, 0.25) is 0 Å². The molecule has 0 aliphatic rings. The molecule has 0 saturated carbocycles. The third kappa shape index (κ3) is 7.48. The molecule has 0 heterocycles. The third-order valence-electron chi connectivity index (χ3n) is 5.88. The molecule has 0 unspecified atom stereocenters. The standard InChI is InChI=1S/C31H31N3O5S/c1-3-38-28-17-15-27(16-18-28)34(40(36,37)29-19-13-24(2)14-20-29)22-31(35)33-32-21-26-11-7-8-12-30(26)39-23-25-9-5-4-6-10-25/h4-21H,3,22-23H2,1-2H3,(H,33,35)/b32-21-. The van der Waals surface area contributed by atoms with Crippen molar-refractivity contribution in [3.63, 3.8) is 0 Å². The minimum atomic E-state index is -4.05. The van der Waals surface area contributed by atoms with Gasteiger partial charge in [0.05, 0.1) is 23.4 Å². The van der Waals surface area contributed by atoms with Crippen LogP contribution in [0, 0.1) is 6.92 Å². The van der Waals surface area contributed by atoms with E-state index >= 15 is 0 Å². The first-order valence-electron chi connectivity index (χ1n) is 12.8. The van der Waals surface area contributed by atoms with E-state index in [2.05, 4.69) is 10.5 Å². The van der Waals surface area contributed by atoms with Crippen LogP contribution in [0.1, 0.15) is 23.6 Å². The Kier molecular flexibility index (Phi) is 9.53. The van der Waals surface area contributed by atoms with E-state index in [-0.39, 0.29) is 4.90 Å². The number of nitrogens with zero attached hydrogens (tertiary/aromatic N) is 2. The number of benzene rings is 4. The summed E-state index contributed by atoms with van der Waals surface area (Å²) in [5, 5.41) is 4.06. The maximum Gasteiger partial charge on any atom is 0.264 e. The fraction of sp³-hybridized carbons (Fsp3) is 0.161. The van der Waals surface area contributed by atoms with Gasteiger partial charge in [0.2, 0.25) is 0 Å². The number of aryl methyl sites for hydroxylation is 1. The topological polar surface area (TPSA) is 97.3 Å². The number of hydrogen-bond donors (Lipinski definition) is 1. The quantitative estimate of drug-likeness (QED) is 0.188. The normalized spacial score (nSPS) is 11.2. The van der Waals surface area contributed by atoms with E-state index in [0.717, 1.165) is 15.4 Å². The molecular formula is C31H31N3O5S. The Labute approximate surface area is 234 Å². The maximum absolute atomic E-state index is 13.6. The van der Waals surface area contributed by atoms with Crippen molar-refractivity contribution in [2.24, 2.45) is 5.10 Å². The predicted molar refractivity (Wildman–Crippen MR) is 156 cm³/mol. The average molecular weight is 558 g/mol. The highest BCUT2D eigenvalue weighted by atomic mass is 32.2. The van der Waals surface area contributed by atoms with E-state index in [4.69, 9.17) is 9.47 Å². The van der Waals surface area contributed by atoms with Crippen molar-refractivity contribution in [1.29, 1.82) is 0 Å². The maximum atomic E-state index is 13.6. The second-order valence-electron chi connectivity index (χ2n) is 8.86. The molecule has 0 fully saturated rings. The van der Waals surface area contributed by atoms with E-state index in [1.807, 2.05) is 68.4 Å². The average Bonchev–Trinajstić information content (AvgIpc) is 2.97. The molecule has 206 valence electrons. The first kappa shape index (κ1) is 28.4. The Hall–Kier alpha value is -4.63. The monoisotopic (exact) mass is 557 g/mol. The highest BCUT2D eigenvalue weighted by Gasteiger charge is 2.27. The van der Waals surface area contributed by atoms with Crippen molar-refractivity contribution in [3.05, 3.63) is 120 Å². The summed E-state index contributed by atoms with van der Waals surface area (Å²) < 4.78 is 39.6. The van der Waals surface area contributed by atoms with Crippen LogP contribution >= 0.6 is 0 Å². The molecule has 0 atom stereocenters. The molecule has 0 spiro atoms. The summed E-state index contributed by atoms with van der Waals surface area (Å²) in [5.41, 5.74) is 5.37. The van der Waals surface area contributed by atoms with Crippen LogP contribution in [0.5, 0.6) is 11.5 Å². The Morgan fingerprint density at radius 3 is 2.25 bits per heavy atom. The van der Waals surface area contributed by atoms with Crippen molar-refractivity contribution in [1.82, 2.24) is 5.43 Å². The number of anilines is 1. The van der Waals surface area contributed by atoms with Gasteiger partial charge in [-0.3, -0.25) is 9.10 Å². The predicted octanol–water partition coefficient (Wildman–Crippen LogP) is 5.32. The number of carbonyl (C=O) groups is 1. The van der Waals surface area contributed by atoms with Crippen molar-refractivity contribution in [2.75, 3.05) is 17.5 Å². The number of carbonyl (C=O) groups excluding carboxylic acids is 1. The molecule has 1 amide bonds. The summed E-state index contributed by atoms with van der Waals surface area (Å²) >= 11 is 0. The van der Waals surface area contributed by atoms with Gasteiger partial charge < -0.3 is 9.47 Å². The smallest absolute Gasteiger partial charge is 0.264 e. The minimum absolute atomic E-state index is 0.0766. The van der Waals surface area contributed by atoms with Crippen LogP contribution < -0.4 is 19.2 Å². The Morgan fingerprint density at radius 2 is 1.55 bits per heavy atom. The van der Waals surface area contributed by atoms with Crippen LogP contribution in [0.15, 0.2) is 113 Å². The molecule has 0 bridgehead atoms. The number of para-hydroxylation sites is 1. The van der Waals surface area contributed by atoms with E-state index in [1.54, 1.807) is 36.4 Å². The Balaban J connectivity index is 1.49. The lowest BCUT2D eigenvalue weighted by atomic mass is 10.2. The lowest BCUT2D eigenvalue weighted by molar-refractivity contribution is -0.119. The highest BCUT2D eigenvalue weighted by molar-refractivity contribution is 7.92. The Bertz CT molecular complexity index is 1540. The molecule has 4 rings (SSSR count). The van der Waals surface area contributed by atoms with Crippen LogP contribution in [-0.2, 0) is 21.4 Å². The van der Waals surface area contributed by atoms with Gasteiger partial charge >= 0.3 is 0 Å². The van der Waals surface area contributed by atoms with Crippen LogP contribution in [0.3, 0.4) is 0 Å². The third-order valence-corrected chi connectivity index (χ3v) is 7.67. The number of sulfonamides is 1. The number of hydrogen-bond acceptors (Lipinski definition) is 6. The van der Waals surface area contributed by atoms with Crippen LogP contribution in [0.25, 0.3) is 0 Å². The van der Waals surface area contributed by atoms with E-state index in [1.165, 1.54) is 18.3 Å². The van der Waals surface area contributed by atoms with Gasteiger partial charge in [-0.2, -0.15) is 5.10 Å². The molecule has 40 heavy (non-hydrogen) atoms. The molecule has 4 aromatic rings. The van der Waals surface area contributed by atoms with Crippen molar-refractivity contribution >= 4 is 27.8 Å². The first-order chi connectivity index (χ1) is 19.4. The van der Waals surface area contributed by atoms with E-state index in [9.17, 15) is 13.2 Å². The number of ether oxygens (including phenoxy) is 2. The molecule has 0 aliphatic heterocycles. The zero-order valence-corrected chi connectivity index (χ0v) is 23.2. The number of nitrogens with one attached hydrogen (secondary N) is 1. The van der Waals surface area contributed by atoms with Gasteiger partial charge in [0.15, 0.2) is 0 Å². The van der Waals surface area contributed by atoms with Crippen molar-refractivity contribution in [2.45, 2.75) is 25.3 Å². The summed E-state index contributed by atoms with van der Waals surface area (Å²) in [4.78, 5) is 13.0. The van der Waals surface area contributed by atoms with E-state index < -0.39 is 22.5 Å². The van der Waals surface area contributed by atoms with Crippen LogP contribution in [-0.4, -0.2) is 33.7 Å². The fourth-order valence-corrected chi connectivity index (χ4v) is 5.24.